The first kappa shape index (κ1) is 25.3. The van der Waals surface area contributed by atoms with Crippen LogP contribution >= 0.6 is 0 Å². The van der Waals surface area contributed by atoms with Crippen LogP contribution in [0.15, 0.2) is 84.9 Å². The zero-order chi connectivity index (χ0) is 25.0. The smallest absolute Gasteiger partial charge is 0.408 e. The summed E-state index contributed by atoms with van der Waals surface area (Å²) in [6.07, 6.45) is -0.335. The number of rotatable bonds is 11. The highest BCUT2D eigenvalue weighted by Crippen LogP contribution is 2.13. The van der Waals surface area contributed by atoms with E-state index >= 15 is 0 Å². The van der Waals surface area contributed by atoms with E-state index in [0.717, 1.165) is 16.7 Å². The van der Waals surface area contributed by atoms with E-state index in [1.807, 2.05) is 60.7 Å². The number of ether oxygens (including phenoxy) is 2. The molecule has 0 aromatic heterocycles. The van der Waals surface area contributed by atoms with E-state index < -0.39 is 30.0 Å². The molecule has 3 aromatic rings. The van der Waals surface area contributed by atoms with Gasteiger partial charge in [0.1, 0.15) is 24.4 Å². The topological polar surface area (TPSA) is 120 Å². The number of carbonyl (C=O) groups excluding carboxylic acids is 3. The molecule has 35 heavy (non-hydrogen) atoms. The van der Waals surface area contributed by atoms with Crippen LogP contribution in [0.5, 0.6) is 5.75 Å². The fourth-order valence-electron chi connectivity index (χ4n) is 3.46. The van der Waals surface area contributed by atoms with Gasteiger partial charge in [-0.1, -0.05) is 72.8 Å². The number of carbonyl (C=O) groups is 3. The lowest BCUT2D eigenvalue weighted by Crippen LogP contribution is -2.54. The molecule has 0 radical (unpaired) electrons. The minimum atomic E-state index is -0.974. The molecule has 8 heteroatoms. The molecule has 0 bridgehead atoms. The number of primary amides is 1. The summed E-state index contributed by atoms with van der Waals surface area (Å²) in [5, 5.41) is 5.29. The summed E-state index contributed by atoms with van der Waals surface area (Å²) in [6.45, 7) is 0.0632. The number of hydrogen-bond donors (Lipinski definition) is 3. The van der Waals surface area contributed by atoms with Crippen LogP contribution in [0.2, 0.25) is 0 Å². The van der Waals surface area contributed by atoms with E-state index in [0.29, 0.717) is 5.75 Å². The van der Waals surface area contributed by atoms with Gasteiger partial charge in [-0.15, -0.1) is 0 Å². The van der Waals surface area contributed by atoms with Gasteiger partial charge in [0.2, 0.25) is 11.8 Å². The number of benzene rings is 3. The largest absolute Gasteiger partial charge is 0.497 e. The second kappa shape index (κ2) is 12.8. The van der Waals surface area contributed by atoms with E-state index in [-0.39, 0.29) is 19.4 Å². The van der Waals surface area contributed by atoms with Crippen molar-refractivity contribution in [3.05, 3.63) is 102 Å². The highest BCUT2D eigenvalue weighted by atomic mass is 16.5. The molecule has 0 saturated heterocycles. The Bertz CT molecular complexity index is 1100. The van der Waals surface area contributed by atoms with Gasteiger partial charge in [-0.3, -0.25) is 9.59 Å². The van der Waals surface area contributed by atoms with Crippen LogP contribution in [-0.4, -0.2) is 37.1 Å². The van der Waals surface area contributed by atoms with Crippen molar-refractivity contribution in [3.63, 3.8) is 0 Å². The minimum absolute atomic E-state index is 0.0632. The van der Waals surface area contributed by atoms with Gasteiger partial charge in [-0.25, -0.2) is 4.79 Å². The second-order valence-corrected chi connectivity index (χ2v) is 7.96. The van der Waals surface area contributed by atoms with Crippen molar-refractivity contribution in [3.8, 4) is 5.75 Å². The summed E-state index contributed by atoms with van der Waals surface area (Å²) >= 11 is 0. The van der Waals surface area contributed by atoms with E-state index in [1.165, 1.54) is 0 Å². The second-order valence-electron chi connectivity index (χ2n) is 7.96. The third kappa shape index (κ3) is 8.19. The number of nitrogens with one attached hydrogen (secondary N) is 2. The number of methoxy groups -OCH3 is 1. The first-order chi connectivity index (χ1) is 16.9. The van der Waals surface area contributed by atoms with Crippen LogP contribution in [-0.2, 0) is 33.8 Å². The average molecular weight is 476 g/mol. The Morgan fingerprint density at radius 3 is 1.86 bits per heavy atom. The Balaban J connectivity index is 1.68. The van der Waals surface area contributed by atoms with Gasteiger partial charge in [0.15, 0.2) is 0 Å². The quantitative estimate of drug-likeness (QED) is 0.394. The summed E-state index contributed by atoms with van der Waals surface area (Å²) in [7, 11) is 1.56. The van der Waals surface area contributed by atoms with Gasteiger partial charge < -0.3 is 25.8 Å². The molecule has 3 aromatic carbocycles. The van der Waals surface area contributed by atoms with Crippen molar-refractivity contribution < 1.29 is 23.9 Å². The monoisotopic (exact) mass is 475 g/mol. The van der Waals surface area contributed by atoms with Gasteiger partial charge in [0.05, 0.1) is 7.11 Å². The fraction of sp³-hybridized carbons (Fsp3) is 0.222. The number of alkyl carbamates (subject to hydrolysis) is 1. The molecule has 0 unspecified atom stereocenters. The summed E-state index contributed by atoms with van der Waals surface area (Å²) in [5.41, 5.74) is 8.02. The van der Waals surface area contributed by atoms with E-state index in [1.54, 1.807) is 31.4 Å². The van der Waals surface area contributed by atoms with Crippen LogP contribution in [0.1, 0.15) is 16.7 Å². The summed E-state index contributed by atoms with van der Waals surface area (Å²) in [6, 6.07) is 23.6. The Kier molecular flexibility index (Phi) is 9.24. The standard InChI is InChI=1S/C27H29N3O5/c1-34-22-14-12-20(13-15-22)16-23(25(28)31)29-26(32)24(17-19-8-4-2-5-9-19)30-27(33)35-18-21-10-6-3-7-11-21/h2-15,23-24H,16-18H2,1H3,(H2,28,31)(H,29,32)(H,30,33)/t23-,24-/m0/s1. The predicted molar refractivity (Wildman–Crippen MR) is 132 cm³/mol. The van der Waals surface area contributed by atoms with Gasteiger partial charge in [-0.05, 0) is 28.8 Å². The lowest BCUT2D eigenvalue weighted by Gasteiger charge is -2.22. The molecule has 0 fully saturated rings. The zero-order valence-corrected chi connectivity index (χ0v) is 19.5. The normalized spacial score (nSPS) is 12.1. The molecule has 182 valence electrons. The Morgan fingerprint density at radius 1 is 0.743 bits per heavy atom. The van der Waals surface area contributed by atoms with E-state index in [4.69, 9.17) is 15.2 Å². The summed E-state index contributed by atoms with van der Waals surface area (Å²) < 4.78 is 10.4. The molecular formula is C27H29N3O5. The SMILES string of the molecule is COc1ccc(C[C@H](NC(=O)[C@H](Cc2ccccc2)NC(=O)OCc2ccccc2)C(N)=O)cc1. The molecular weight excluding hydrogens is 446 g/mol. The van der Waals surface area contributed by atoms with Crippen molar-refractivity contribution >= 4 is 17.9 Å². The molecule has 0 aliphatic rings. The number of amides is 3. The lowest BCUT2D eigenvalue weighted by atomic mass is 10.0. The van der Waals surface area contributed by atoms with Crippen molar-refractivity contribution in [1.29, 1.82) is 0 Å². The van der Waals surface area contributed by atoms with Gasteiger partial charge in [-0.2, -0.15) is 0 Å². The molecule has 0 saturated carbocycles. The molecule has 0 aliphatic carbocycles. The van der Waals surface area contributed by atoms with Crippen LogP contribution in [0.4, 0.5) is 4.79 Å². The highest BCUT2D eigenvalue weighted by Gasteiger charge is 2.26. The van der Waals surface area contributed by atoms with Crippen molar-refractivity contribution in [1.82, 2.24) is 10.6 Å². The average Bonchev–Trinajstić information content (AvgIpc) is 2.88. The first-order valence-corrected chi connectivity index (χ1v) is 11.2. The molecule has 0 heterocycles. The number of hydrogen-bond acceptors (Lipinski definition) is 5. The maximum absolute atomic E-state index is 13.2. The molecule has 0 spiro atoms. The van der Waals surface area contributed by atoms with Gasteiger partial charge >= 0.3 is 6.09 Å². The summed E-state index contributed by atoms with van der Waals surface area (Å²) in [5.74, 6) is -0.545. The fourth-order valence-corrected chi connectivity index (χ4v) is 3.46. The molecule has 2 atom stereocenters. The zero-order valence-electron chi connectivity index (χ0n) is 19.5. The van der Waals surface area contributed by atoms with Crippen molar-refractivity contribution in [2.45, 2.75) is 31.5 Å². The minimum Gasteiger partial charge on any atom is -0.497 e. The lowest BCUT2D eigenvalue weighted by molar-refractivity contribution is -0.128. The maximum atomic E-state index is 13.2. The van der Waals surface area contributed by atoms with Crippen molar-refractivity contribution in [2.75, 3.05) is 7.11 Å². The van der Waals surface area contributed by atoms with E-state index in [2.05, 4.69) is 10.6 Å². The van der Waals surface area contributed by atoms with Gasteiger partial charge in [0.25, 0.3) is 0 Å². The highest BCUT2D eigenvalue weighted by molar-refractivity contribution is 5.91. The van der Waals surface area contributed by atoms with Crippen LogP contribution in [0.25, 0.3) is 0 Å². The van der Waals surface area contributed by atoms with Crippen LogP contribution in [0.3, 0.4) is 0 Å². The third-order valence-electron chi connectivity index (χ3n) is 5.36. The predicted octanol–water partition coefficient (Wildman–Crippen LogP) is 2.75. The molecule has 8 nitrogen and oxygen atoms in total. The van der Waals surface area contributed by atoms with Gasteiger partial charge in [0, 0.05) is 12.8 Å². The number of nitrogens with two attached hydrogens (primary N) is 1. The van der Waals surface area contributed by atoms with Crippen LogP contribution < -0.4 is 21.1 Å². The molecule has 3 rings (SSSR count). The van der Waals surface area contributed by atoms with Crippen molar-refractivity contribution in [2.24, 2.45) is 5.73 Å². The Labute approximate surface area is 204 Å². The van der Waals surface area contributed by atoms with Crippen LogP contribution in [0, 0.1) is 0 Å². The molecule has 0 aliphatic heterocycles. The third-order valence-corrected chi connectivity index (χ3v) is 5.36. The Hall–Kier alpha value is -4.33. The maximum Gasteiger partial charge on any atom is 0.408 e. The molecule has 4 N–H and O–H groups in total. The molecule has 3 amide bonds. The Morgan fingerprint density at radius 2 is 1.29 bits per heavy atom. The first-order valence-electron chi connectivity index (χ1n) is 11.2. The summed E-state index contributed by atoms with van der Waals surface area (Å²) in [4.78, 5) is 37.7. The van der Waals surface area contributed by atoms with E-state index in [9.17, 15) is 14.4 Å².